The fourth-order valence-corrected chi connectivity index (χ4v) is 4.25. The van der Waals surface area contributed by atoms with Crippen LogP contribution in [0, 0.1) is 0 Å². The summed E-state index contributed by atoms with van der Waals surface area (Å²) >= 11 is 7.15. The van der Waals surface area contributed by atoms with E-state index in [-0.39, 0.29) is 17.7 Å². The second kappa shape index (κ2) is 7.25. The number of halogens is 1. The summed E-state index contributed by atoms with van der Waals surface area (Å²) in [6.45, 7) is 3.09. The Hall–Kier alpha value is -2.50. The summed E-state index contributed by atoms with van der Waals surface area (Å²) in [5.74, 6) is -0.279. The first-order chi connectivity index (χ1) is 13.1. The molecule has 2 amide bonds. The second-order valence-corrected chi connectivity index (χ2v) is 7.65. The third-order valence-corrected chi connectivity index (χ3v) is 5.88. The smallest absolute Gasteiger partial charge is 0.293 e. The summed E-state index contributed by atoms with van der Waals surface area (Å²) in [6, 6.07) is 15.3. The van der Waals surface area contributed by atoms with Crippen molar-refractivity contribution in [3.05, 3.63) is 75.8 Å². The molecule has 1 saturated heterocycles. The van der Waals surface area contributed by atoms with Gasteiger partial charge in [0.1, 0.15) is 0 Å². The molecule has 3 aromatic rings. The number of fused-ring (bicyclic) bond motifs is 1. The highest BCUT2D eigenvalue weighted by Crippen LogP contribution is 2.35. The molecule has 1 aromatic heterocycles. The Labute approximate surface area is 166 Å². The van der Waals surface area contributed by atoms with E-state index in [2.05, 4.69) is 17.6 Å². The fraction of sp³-hybridized carbons (Fsp3) is 0.143. The zero-order valence-electron chi connectivity index (χ0n) is 14.7. The lowest BCUT2D eigenvalue weighted by Crippen LogP contribution is -2.27. The summed E-state index contributed by atoms with van der Waals surface area (Å²) in [5.41, 5.74) is 2.81. The van der Waals surface area contributed by atoms with E-state index in [9.17, 15) is 9.59 Å². The van der Waals surface area contributed by atoms with Crippen molar-refractivity contribution in [2.45, 2.75) is 20.0 Å². The van der Waals surface area contributed by atoms with E-state index in [0.717, 1.165) is 40.3 Å². The van der Waals surface area contributed by atoms with Crippen molar-refractivity contribution >= 4 is 51.5 Å². The van der Waals surface area contributed by atoms with Gasteiger partial charge in [-0.3, -0.25) is 14.5 Å². The van der Waals surface area contributed by atoms with Crippen LogP contribution in [-0.2, 0) is 17.9 Å². The van der Waals surface area contributed by atoms with Crippen LogP contribution in [0.25, 0.3) is 17.0 Å². The van der Waals surface area contributed by atoms with Gasteiger partial charge in [0.2, 0.25) is 0 Å². The molecule has 136 valence electrons. The van der Waals surface area contributed by atoms with Crippen LogP contribution in [0.4, 0.5) is 4.79 Å². The summed E-state index contributed by atoms with van der Waals surface area (Å²) in [6.07, 6.45) is 3.83. The minimum atomic E-state index is -0.279. The number of nitrogens with zero attached hydrogens (tertiary/aromatic N) is 2. The molecule has 0 bridgehead atoms. The number of imide groups is 1. The molecule has 0 atom stereocenters. The number of hydrogen-bond donors (Lipinski definition) is 0. The number of carbonyl (C=O) groups is 2. The van der Waals surface area contributed by atoms with E-state index in [0.29, 0.717) is 9.93 Å². The lowest BCUT2D eigenvalue weighted by atomic mass is 10.1. The number of para-hydroxylation sites is 1. The molecule has 0 aliphatic carbocycles. The summed E-state index contributed by atoms with van der Waals surface area (Å²) in [5, 5.41) is 1.34. The molecular formula is C21H17ClN2O2S. The Morgan fingerprint density at radius 3 is 2.59 bits per heavy atom. The molecule has 2 heterocycles. The van der Waals surface area contributed by atoms with Crippen molar-refractivity contribution in [1.82, 2.24) is 9.47 Å². The first-order valence-electron chi connectivity index (χ1n) is 8.65. The number of benzene rings is 2. The quantitative estimate of drug-likeness (QED) is 0.543. The predicted molar refractivity (Wildman–Crippen MR) is 111 cm³/mol. The summed E-state index contributed by atoms with van der Waals surface area (Å²) in [4.78, 5) is 26.9. The van der Waals surface area contributed by atoms with Gasteiger partial charge >= 0.3 is 0 Å². The molecule has 0 spiro atoms. The molecule has 2 aromatic carbocycles. The van der Waals surface area contributed by atoms with E-state index in [1.165, 1.54) is 4.90 Å². The first kappa shape index (κ1) is 17.9. The van der Waals surface area contributed by atoms with E-state index >= 15 is 0 Å². The van der Waals surface area contributed by atoms with E-state index in [4.69, 9.17) is 11.6 Å². The molecule has 0 unspecified atom stereocenters. The van der Waals surface area contributed by atoms with Gasteiger partial charge in [-0.05, 0) is 42.5 Å². The number of carbonyl (C=O) groups excluding carboxylic acids is 2. The highest BCUT2D eigenvalue weighted by Gasteiger charge is 2.35. The number of aryl methyl sites for hydroxylation is 1. The maximum atomic E-state index is 12.8. The monoisotopic (exact) mass is 396 g/mol. The molecular weight excluding hydrogens is 380 g/mol. The van der Waals surface area contributed by atoms with Gasteiger partial charge in [-0.25, -0.2) is 0 Å². The minimum absolute atomic E-state index is 0.179. The Balaban J connectivity index is 1.67. The van der Waals surface area contributed by atoms with Crippen molar-refractivity contribution in [2.75, 3.05) is 0 Å². The minimum Gasteiger partial charge on any atom is -0.347 e. The van der Waals surface area contributed by atoms with Crippen LogP contribution < -0.4 is 0 Å². The van der Waals surface area contributed by atoms with Gasteiger partial charge in [-0.1, -0.05) is 48.0 Å². The average molecular weight is 397 g/mol. The standard InChI is InChI=1S/C21H17ClN2O2S/c1-2-23-12-15(16-8-4-6-10-18(16)23)11-19-20(25)24(21(26)27-19)13-14-7-3-5-9-17(14)22/h3-12H,2,13H2,1H3/b19-11-. The van der Waals surface area contributed by atoms with E-state index in [1.54, 1.807) is 6.07 Å². The zero-order chi connectivity index (χ0) is 19.0. The number of thioether (sulfide) groups is 1. The maximum absolute atomic E-state index is 12.8. The largest absolute Gasteiger partial charge is 0.347 e. The first-order valence-corrected chi connectivity index (χ1v) is 9.84. The van der Waals surface area contributed by atoms with Gasteiger partial charge in [0.05, 0.1) is 11.4 Å². The molecule has 4 rings (SSSR count). The van der Waals surface area contributed by atoms with Crippen LogP contribution in [0.3, 0.4) is 0 Å². The third kappa shape index (κ3) is 3.29. The van der Waals surface area contributed by atoms with Crippen molar-refractivity contribution in [1.29, 1.82) is 0 Å². The summed E-state index contributed by atoms with van der Waals surface area (Å²) in [7, 11) is 0. The third-order valence-electron chi connectivity index (χ3n) is 4.61. The Bertz CT molecular complexity index is 1090. The van der Waals surface area contributed by atoms with Crippen LogP contribution in [0.2, 0.25) is 5.02 Å². The van der Waals surface area contributed by atoms with Crippen LogP contribution in [0.5, 0.6) is 0 Å². The van der Waals surface area contributed by atoms with Crippen LogP contribution >= 0.6 is 23.4 Å². The van der Waals surface area contributed by atoms with E-state index < -0.39 is 0 Å². The highest BCUT2D eigenvalue weighted by molar-refractivity contribution is 8.18. The van der Waals surface area contributed by atoms with Gasteiger partial charge < -0.3 is 4.57 Å². The van der Waals surface area contributed by atoms with Gasteiger partial charge in [0, 0.05) is 34.2 Å². The molecule has 4 nitrogen and oxygen atoms in total. The molecule has 0 radical (unpaired) electrons. The summed E-state index contributed by atoms with van der Waals surface area (Å²) < 4.78 is 2.13. The van der Waals surface area contributed by atoms with Crippen molar-refractivity contribution < 1.29 is 9.59 Å². The van der Waals surface area contributed by atoms with Gasteiger partial charge in [-0.2, -0.15) is 0 Å². The van der Waals surface area contributed by atoms with Crippen LogP contribution in [0.15, 0.2) is 59.6 Å². The fourth-order valence-electron chi connectivity index (χ4n) is 3.23. The Kier molecular flexibility index (Phi) is 4.81. The molecule has 27 heavy (non-hydrogen) atoms. The number of hydrogen-bond acceptors (Lipinski definition) is 3. The van der Waals surface area contributed by atoms with Crippen LogP contribution in [0.1, 0.15) is 18.1 Å². The van der Waals surface area contributed by atoms with Crippen molar-refractivity contribution in [3.63, 3.8) is 0 Å². The van der Waals surface area contributed by atoms with Crippen LogP contribution in [-0.4, -0.2) is 20.6 Å². The molecule has 1 fully saturated rings. The second-order valence-electron chi connectivity index (χ2n) is 6.25. The number of aromatic nitrogens is 1. The lowest BCUT2D eigenvalue weighted by Gasteiger charge is -2.13. The molecule has 1 aliphatic heterocycles. The SMILES string of the molecule is CCn1cc(/C=C2\SC(=O)N(Cc3ccccc3Cl)C2=O)c2ccccc21. The lowest BCUT2D eigenvalue weighted by molar-refractivity contribution is -0.123. The Morgan fingerprint density at radius 1 is 1.07 bits per heavy atom. The normalized spacial score (nSPS) is 16.1. The van der Waals surface area contributed by atoms with Crippen molar-refractivity contribution in [3.8, 4) is 0 Å². The van der Waals surface area contributed by atoms with Crippen molar-refractivity contribution in [2.24, 2.45) is 0 Å². The molecule has 0 saturated carbocycles. The Morgan fingerprint density at radius 2 is 1.81 bits per heavy atom. The predicted octanol–water partition coefficient (Wildman–Crippen LogP) is 5.55. The highest BCUT2D eigenvalue weighted by atomic mass is 35.5. The van der Waals surface area contributed by atoms with Gasteiger partial charge in [0.15, 0.2) is 0 Å². The topological polar surface area (TPSA) is 42.3 Å². The van der Waals surface area contributed by atoms with E-state index in [1.807, 2.05) is 48.7 Å². The number of rotatable bonds is 4. The zero-order valence-corrected chi connectivity index (χ0v) is 16.3. The van der Waals surface area contributed by atoms with Gasteiger partial charge in [-0.15, -0.1) is 0 Å². The average Bonchev–Trinajstić information content (AvgIpc) is 3.16. The van der Waals surface area contributed by atoms with Gasteiger partial charge in [0.25, 0.3) is 11.1 Å². The molecule has 6 heteroatoms. The molecule has 1 aliphatic rings. The maximum Gasteiger partial charge on any atom is 0.293 e. The number of amides is 2. The molecule has 0 N–H and O–H groups in total.